The summed E-state index contributed by atoms with van der Waals surface area (Å²) in [6.45, 7) is 8.09. The van der Waals surface area contributed by atoms with Gasteiger partial charge in [-0.05, 0) is 26.7 Å². The summed E-state index contributed by atoms with van der Waals surface area (Å²) in [7, 11) is 0. The summed E-state index contributed by atoms with van der Waals surface area (Å²) < 4.78 is 0. The fourth-order valence-corrected chi connectivity index (χ4v) is 2.02. The molecular formula is C18H36O3. The molecule has 0 saturated carbocycles. The van der Waals surface area contributed by atoms with Gasteiger partial charge >= 0.3 is 5.97 Å². The molecule has 0 aromatic heterocycles. The van der Waals surface area contributed by atoms with E-state index in [-0.39, 0.29) is 11.6 Å². The van der Waals surface area contributed by atoms with Crippen molar-refractivity contribution in [3.05, 3.63) is 0 Å². The van der Waals surface area contributed by atoms with E-state index in [0.717, 1.165) is 19.3 Å². The van der Waals surface area contributed by atoms with E-state index in [1.807, 2.05) is 20.8 Å². The lowest BCUT2D eigenvalue weighted by molar-refractivity contribution is -0.325. The molecule has 126 valence electrons. The van der Waals surface area contributed by atoms with Gasteiger partial charge in [-0.1, -0.05) is 71.6 Å². The van der Waals surface area contributed by atoms with Crippen molar-refractivity contribution in [2.24, 2.45) is 0 Å². The van der Waals surface area contributed by atoms with Gasteiger partial charge in [0.1, 0.15) is 5.60 Å². The number of hydrogen-bond acceptors (Lipinski definition) is 3. The standard InChI is InChI=1S/C18H36O3/c1-5-7-8-9-10-11-12-13-14-15-16-17(19)20-21-18(3,4)6-2/h5-16H2,1-4H3. The largest absolute Gasteiger partial charge is 0.342 e. The Hall–Kier alpha value is -0.570. The summed E-state index contributed by atoms with van der Waals surface area (Å²) >= 11 is 0. The molecule has 0 aliphatic heterocycles. The van der Waals surface area contributed by atoms with Crippen molar-refractivity contribution in [1.82, 2.24) is 0 Å². The van der Waals surface area contributed by atoms with Gasteiger partial charge in [0.05, 0.1) is 0 Å². The van der Waals surface area contributed by atoms with Crippen molar-refractivity contribution < 1.29 is 14.6 Å². The summed E-state index contributed by atoms with van der Waals surface area (Å²) in [5, 5.41) is 0. The van der Waals surface area contributed by atoms with Gasteiger partial charge in [-0.3, -0.25) is 4.89 Å². The first-order valence-electron chi connectivity index (χ1n) is 8.90. The molecule has 0 fully saturated rings. The lowest BCUT2D eigenvalue weighted by Crippen LogP contribution is -2.25. The van der Waals surface area contributed by atoms with Gasteiger partial charge in [0.15, 0.2) is 0 Å². The van der Waals surface area contributed by atoms with Crippen molar-refractivity contribution in [1.29, 1.82) is 0 Å². The molecular weight excluding hydrogens is 264 g/mol. The van der Waals surface area contributed by atoms with Gasteiger partial charge in [0.25, 0.3) is 0 Å². The Balaban J connectivity index is 3.29. The Morgan fingerprint density at radius 2 is 1.29 bits per heavy atom. The summed E-state index contributed by atoms with van der Waals surface area (Å²) in [5.74, 6) is -0.240. The maximum atomic E-state index is 11.5. The van der Waals surface area contributed by atoms with Crippen molar-refractivity contribution in [3.63, 3.8) is 0 Å². The third-order valence-corrected chi connectivity index (χ3v) is 3.95. The minimum Gasteiger partial charge on any atom is -0.298 e. The number of unbranched alkanes of at least 4 members (excludes halogenated alkanes) is 9. The van der Waals surface area contributed by atoms with E-state index in [1.165, 1.54) is 51.4 Å². The topological polar surface area (TPSA) is 35.5 Å². The van der Waals surface area contributed by atoms with E-state index in [0.29, 0.717) is 6.42 Å². The predicted octanol–water partition coefficient (Wildman–Crippen LogP) is 5.96. The van der Waals surface area contributed by atoms with Gasteiger partial charge in [0.2, 0.25) is 0 Å². The molecule has 3 heteroatoms. The summed E-state index contributed by atoms with van der Waals surface area (Å²) in [5.41, 5.74) is -0.382. The number of rotatable bonds is 14. The molecule has 3 nitrogen and oxygen atoms in total. The van der Waals surface area contributed by atoms with Gasteiger partial charge < -0.3 is 0 Å². The van der Waals surface area contributed by atoms with E-state index in [4.69, 9.17) is 9.78 Å². The van der Waals surface area contributed by atoms with E-state index in [9.17, 15) is 4.79 Å². The first kappa shape index (κ1) is 20.4. The molecule has 0 unspecified atom stereocenters. The minimum absolute atomic E-state index is 0.240. The first-order chi connectivity index (χ1) is 10.0. The van der Waals surface area contributed by atoms with Crippen LogP contribution in [0.3, 0.4) is 0 Å². The zero-order valence-corrected chi connectivity index (χ0v) is 14.7. The predicted molar refractivity (Wildman–Crippen MR) is 88.0 cm³/mol. The number of carbonyl (C=O) groups is 1. The van der Waals surface area contributed by atoms with Crippen LogP contribution in [-0.2, 0) is 14.6 Å². The van der Waals surface area contributed by atoms with Crippen LogP contribution >= 0.6 is 0 Å². The fourth-order valence-electron chi connectivity index (χ4n) is 2.02. The second-order valence-electron chi connectivity index (χ2n) is 6.58. The summed E-state index contributed by atoms with van der Waals surface area (Å²) in [6.07, 6.45) is 14.0. The van der Waals surface area contributed by atoms with Crippen molar-refractivity contribution >= 4 is 5.97 Å². The molecule has 21 heavy (non-hydrogen) atoms. The molecule has 0 aromatic rings. The summed E-state index contributed by atoms with van der Waals surface area (Å²) in [6, 6.07) is 0. The Morgan fingerprint density at radius 3 is 1.76 bits per heavy atom. The average molecular weight is 300 g/mol. The zero-order chi connectivity index (χ0) is 16.0. The van der Waals surface area contributed by atoms with Crippen LogP contribution in [0.4, 0.5) is 0 Å². The normalized spacial score (nSPS) is 11.6. The molecule has 0 heterocycles. The lowest BCUT2D eigenvalue weighted by Gasteiger charge is -2.20. The molecule has 0 aliphatic carbocycles. The van der Waals surface area contributed by atoms with Gasteiger partial charge in [-0.25, -0.2) is 4.79 Å². The highest BCUT2D eigenvalue weighted by atomic mass is 17.2. The van der Waals surface area contributed by atoms with Gasteiger partial charge in [-0.15, -0.1) is 0 Å². The van der Waals surface area contributed by atoms with Crippen molar-refractivity contribution in [2.45, 2.75) is 110 Å². The molecule has 0 radical (unpaired) electrons. The van der Waals surface area contributed by atoms with Crippen LogP contribution in [-0.4, -0.2) is 11.6 Å². The third kappa shape index (κ3) is 14.1. The molecule has 0 bridgehead atoms. The lowest BCUT2D eigenvalue weighted by atomic mass is 10.1. The highest BCUT2D eigenvalue weighted by molar-refractivity contribution is 5.68. The maximum absolute atomic E-state index is 11.5. The van der Waals surface area contributed by atoms with E-state index in [2.05, 4.69) is 6.92 Å². The Bertz CT molecular complexity index is 249. The Labute approximate surface area is 131 Å². The van der Waals surface area contributed by atoms with Crippen molar-refractivity contribution in [3.8, 4) is 0 Å². The molecule has 0 aromatic carbocycles. The molecule has 0 rings (SSSR count). The van der Waals surface area contributed by atoms with Crippen LogP contribution in [0.15, 0.2) is 0 Å². The molecule has 0 atom stereocenters. The third-order valence-electron chi connectivity index (χ3n) is 3.95. The molecule has 0 saturated heterocycles. The van der Waals surface area contributed by atoms with E-state index < -0.39 is 0 Å². The molecule has 0 amide bonds. The zero-order valence-electron chi connectivity index (χ0n) is 14.7. The Morgan fingerprint density at radius 1 is 0.810 bits per heavy atom. The SMILES string of the molecule is CCCCCCCCCCCCC(=O)OOC(C)(C)CC. The van der Waals surface area contributed by atoms with Crippen LogP contribution in [0.1, 0.15) is 105 Å². The minimum atomic E-state index is -0.382. The van der Waals surface area contributed by atoms with Crippen LogP contribution in [0.5, 0.6) is 0 Å². The number of carbonyl (C=O) groups excluding carboxylic acids is 1. The Kier molecular flexibility index (Phi) is 12.8. The second kappa shape index (κ2) is 13.1. The van der Waals surface area contributed by atoms with Gasteiger partial charge in [0, 0.05) is 6.42 Å². The summed E-state index contributed by atoms with van der Waals surface area (Å²) in [4.78, 5) is 21.5. The fraction of sp³-hybridized carbons (Fsp3) is 0.944. The second-order valence-corrected chi connectivity index (χ2v) is 6.58. The average Bonchev–Trinajstić information content (AvgIpc) is 2.47. The monoisotopic (exact) mass is 300 g/mol. The van der Waals surface area contributed by atoms with Crippen LogP contribution in [0.2, 0.25) is 0 Å². The van der Waals surface area contributed by atoms with Crippen LogP contribution in [0, 0.1) is 0 Å². The molecule has 0 spiro atoms. The highest BCUT2D eigenvalue weighted by Gasteiger charge is 2.19. The highest BCUT2D eigenvalue weighted by Crippen LogP contribution is 2.15. The molecule has 0 aliphatic rings. The van der Waals surface area contributed by atoms with Crippen LogP contribution < -0.4 is 0 Å². The van der Waals surface area contributed by atoms with E-state index in [1.54, 1.807) is 0 Å². The number of hydrogen-bond donors (Lipinski definition) is 0. The van der Waals surface area contributed by atoms with E-state index >= 15 is 0 Å². The first-order valence-corrected chi connectivity index (χ1v) is 8.90. The van der Waals surface area contributed by atoms with Crippen molar-refractivity contribution in [2.75, 3.05) is 0 Å². The quantitative estimate of drug-likeness (QED) is 0.225. The molecule has 0 N–H and O–H groups in total. The smallest absolute Gasteiger partial charge is 0.298 e. The van der Waals surface area contributed by atoms with Gasteiger partial charge in [-0.2, -0.15) is 4.89 Å². The van der Waals surface area contributed by atoms with Crippen LogP contribution in [0.25, 0.3) is 0 Å². The maximum Gasteiger partial charge on any atom is 0.342 e.